The highest BCUT2D eigenvalue weighted by Crippen LogP contribution is 2.32. The molecule has 0 saturated heterocycles. The molecule has 0 bridgehead atoms. The van der Waals surface area contributed by atoms with Crippen molar-refractivity contribution >= 4 is 49.1 Å². The lowest BCUT2D eigenvalue weighted by Gasteiger charge is -2.10. The Hall–Kier alpha value is -0.910. The molecule has 0 aliphatic rings. The number of halogens is 2. The predicted octanol–water partition coefficient (Wildman–Crippen LogP) is 4.95. The highest BCUT2D eigenvalue weighted by Gasteiger charge is 2.07. The van der Waals surface area contributed by atoms with E-state index in [9.17, 15) is 0 Å². The summed E-state index contributed by atoms with van der Waals surface area (Å²) in [5, 5.41) is 0. The molecule has 2 rings (SSSR count). The number of benzene rings is 2. The summed E-state index contributed by atoms with van der Waals surface area (Å²) in [4.78, 5) is 0.356. The summed E-state index contributed by atoms with van der Waals surface area (Å²) in [6.07, 6.45) is 0. The van der Waals surface area contributed by atoms with Gasteiger partial charge in [-0.3, -0.25) is 0 Å². The summed E-state index contributed by atoms with van der Waals surface area (Å²) in [5.41, 5.74) is 7.58. The van der Waals surface area contributed by atoms with Gasteiger partial charge in [-0.15, -0.1) is 0 Å². The third kappa shape index (κ3) is 3.55. The van der Waals surface area contributed by atoms with Crippen LogP contribution >= 0.6 is 44.1 Å². The van der Waals surface area contributed by atoms with Crippen LogP contribution in [0.3, 0.4) is 0 Å². The Kier molecular flexibility index (Phi) is 4.60. The van der Waals surface area contributed by atoms with Crippen molar-refractivity contribution in [3.8, 4) is 11.5 Å². The first-order valence-corrected chi connectivity index (χ1v) is 7.50. The van der Waals surface area contributed by atoms with E-state index < -0.39 is 0 Å². The van der Waals surface area contributed by atoms with Crippen molar-refractivity contribution in [2.75, 3.05) is 0 Å². The Bertz CT molecular complexity index is 643. The van der Waals surface area contributed by atoms with E-state index in [0.717, 1.165) is 26.0 Å². The number of hydrogen-bond acceptors (Lipinski definition) is 2. The summed E-state index contributed by atoms with van der Waals surface area (Å²) >= 11 is 11.9. The van der Waals surface area contributed by atoms with E-state index in [1.54, 1.807) is 0 Å². The van der Waals surface area contributed by atoms with E-state index in [-0.39, 0.29) is 0 Å². The molecule has 0 aliphatic heterocycles. The van der Waals surface area contributed by atoms with Crippen LogP contribution in [0.2, 0.25) is 0 Å². The van der Waals surface area contributed by atoms with Gasteiger partial charge in [0.1, 0.15) is 16.5 Å². The molecule has 2 nitrogen and oxygen atoms in total. The fourth-order valence-corrected chi connectivity index (χ4v) is 3.03. The van der Waals surface area contributed by atoms with Crippen LogP contribution in [0.1, 0.15) is 11.1 Å². The lowest BCUT2D eigenvalue weighted by Crippen LogP contribution is -2.09. The summed E-state index contributed by atoms with van der Waals surface area (Å²) in [7, 11) is 0. The minimum atomic E-state index is 0.356. The highest BCUT2D eigenvalue weighted by atomic mass is 79.9. The van der Waals surface area contributed by atoms with E-state index in [1.165, 1.54) is 5.56 Å². The fraction of sp³-hybridized carbons (Fsp3) is 0.0714. The van der Waals surface area contributed by atoms with Crippen LogP contribution in [0.15, 0.2) is 45.3 Å². The van der Waals surface area contributed by atoms with E-state index in [1.807, 2.05) is 43.3 Å². The van der Waals surface area contributed by atoms with E-state index in [0.29, 0.717) is 4.99 Å². The van der Waals surface area contributed by atoms with Gasteiger partial charge in [0, 0.05) is 10.0 Å². The lowest BCUT2D eigenvalue weighted by molar-refractivity contribution is 0.479. The average molecular weight is 401 g/mol. The molecule has 0 radical (unpaired) electrons. The van der Waals surface area contributed by atoms with Crippen LogP contribution in [0, 0.1) is 6.92 Å². The molecule has 0 aromatic heterocycles. The second kappa shape index (κ2) is 6.03. The SMILES string of the molecule is Cc1ccc(Oc2ccc(C(N)=S)c(Br)c2)c(Br)c1. The zero-order valence-electron chi connectivity index (χ0n) is 10.1. The van der Waals surface area contributed by atoms with Gasteiger partial charge >= 0.3 is 0 Å². The second-order valence-corrected chi connectivity index (χ2v) is 6.19. The van der Waals surface area contributed by atoms with Crippen molar-refractivity contribution in [1.82, 2.24) is 0 Å². The van der Waals surface area contributed by atoms with Crippen LogP contribution in [-0.4, -0.2) is 4.99 Å². The molecular weight excluding hydrogens is 390 g/mol. The Labute approximate surface area is 134 Å². The van der Waals surface area contributed by atoms with Gasteiger partial charge in [0.25, 0.3) is 0 Å². The molecule has 0 amide bonds. The first kappa shape index (κ1) is 14.5. The van der Waals surface area contributed by atoms with E-state index in [2.05, 4.69) is 31.9 Å². The van der Waals surface area contributed by atoms with Crippen LogP contribution in [-0.2, 0) is 0 Å². The van der Waals surface area contributed by atoms with Crippen molar-refractivity contribution in [3.05, 3.63) is 56.5 Å². The maximum Gasteiger partial charge on any atom is 0.141 e. The number of rotatable bonds is 3. The van der Waals surface area contributed by atoms with Gasteiger partial charge in [0.05, 0.1) is 4.47 Å². The summed E-state index contributed by atoms with van der Waals surface area (Å²) in [6, 6.07) is 11.5. The van der Waals surface area contributed by atoms with Gasteiger partial charge in [-0.25, -0.2) is 0 Å². The largest absolute Gasteiger partial charge is 0.456 e. The molecule has 0 fully saturated rings. The Morgan fingerprint density at radius 1 is 1.11 bits per heavy atom. The molecule has 0 saturated carbocycles. The van der Waals surface area contributed by atoms with Crippen LogP contribution < -0.4 is 10.5 Å². The van der Waals surface area contributed by atoms with Crippen molar-refractivity contribution in [2.24, 2.45) is 5.73 Å². The number of hydrogen-bond donors (Lipinski definition) is 1. The quantitative estimate of drug-likeness (QED) is 0.740. The zero-order chi connectivity index (χ0) is 14.0. The molecule has 0 spiro atoms. The van der Waals surface area contributed by atoms with Gasteiger partial charge in [0.15, 0.2) is 0 Å². The first-order valence-electron chi connectivity index (χ1n) is 5.51. The smallest absolute Gasteiger partial charge is 0.141 e. The van der Waals surface area contributed by atoms with Gasteiger partial charge in [-0.1, -0.05) is 18.3 Å². The van der Waals surface area contributed by atoms with Crippen LogP contribution in [0.4, 0.5) is 0 Å². The molecule has 0 heterocycles. The van der Waals surface area contributed by atoms with Crippen molar-refractivity contribution in [2.45, 2.75) is 6.92 Å². The molecular formula is C14H11Br2NOS. The minimum absolute atomic E-state index is 0.356. The van der Waals surface area contributed by atoms with Crippen LogP contribution in [0.25, 0.3) is 0 Å². The normalized spacial score (nSPS) is 10.3. The summed E-state index contributed by atoms with van der Waals surface area (Å²) in [6.45, 7) is 2.03. The number of nitrogens with two attached hydrogens (primary N) is 1. The van der Waals surface area contributed by atoms with Gasteiger partial charge < -0.3 is 10.5 Å². The van der Waals surface area contributed by atoms with Gasteiger partial charge in [-0.05, 0) is 74.7 Å². The van der Waals surface area contributed by atoms with Crippen molar-refractivity contribution in [1.29, 1.82) is 0 Å². The summed E-state index contributed by atoms with van der Waals surface area (Å²) in [5.74, 6) is 1.48. The Morgan fingerprint density at radius 3 is 2.42 bits per heavy atom. The number of thiocarbonyl (C=S) groups is 1. The molecule has 2 aromatic rings. The predicted molar refractivity (Wildman–Crippen MR) is 89.0 cm³/mol. The van der Waals surface area contributed by atoms with Crippen molar-refractivity contribution < 1.29 is 4.74 Å². The third-order valence-electron chi connectivity index (χ3n) is 2.52. The monoisotopic (exact) mass is 399 g/mol. The van der Waals surface area contributed by atoms with Crippen molar-refractivity contribution in [3.63, 3.8) is 0 Å². The third-order valence-corrected chi connectivity index (χ3v) is 4.02. The van der Waals surface area contributed by atoms with Crippen LogP contribution in [0.5, 0.6) is 11.5 Å². The van der Waals surface area contributed by atoms with Gasteiger partial charge in [0.2, 0.25) is 0 Å². The van der Waals surface area contributed by atoms with Gasteiger partial charge in [-0.2, -0.15) is 0 Å². The first-order chi connectivity index (χ1) is 8.97. The molecule has 5 heteroatoms. The summed E-state index contributed by atoms with van der Waals surface area (Å²) < 4.78 is 7.56. The topological polar surface area (TPSA) is 35.2 Å². The average Bonchev–Trinajstić information content (AvgIpc) is 2.32. The molecule has 19 heavy (non-hydrogen) atoms. The molecule has 0 atom stereocenters. The second-order valence-electron chi connectivity index (χ2n) is 4.04. The Balaban J connectivity index is 2.29. The molecule has 2 N–H and O–H groups in total. The van der Waals surface area contributed by atoms with E-state index in [4.69, 9.17) is 22.7 Å². The number of aryl methyl sites for hydroxylation is 1. The lowest BCUT2D eigenvalue weighted by atomic mass is 10.2. The molecule has 0 aliphatic carbocycles. The maximum absolute atomic E-state index is 5.82. The fourth-order valence-electron chi connectivity index (χ4n) is 1.57. The minimum Gasteiger partial charge on any atom is -0.456 e. The molecule has 0 unspecified atom stereocenters. The van der Waals surface area contributed by atoms with E-state index >= 15 is 0 Å². The molecule has 98 valence electrons. The maximum atomic E-state index is 5.82. The standard InChI is InChI=1S/C14H11Br2NOS/c1-8-2-5-13(12(16)6-8)18-9-3-4-10(14(17)19)11(15)7-9/h2-7H,1H3,(H2,17,19). The molecule has 2 aromatic carbocycles. The zero-order valence-corrected chi connectivity index (χ0v) is 14.1. The number of ether oxygens (including phenoxy) is 1. The highest BCUT2D eigenvalue weighted by molar-refractivity contribution is 9.10. The Morgan fingerprint density at radius 2 is 1.84 bits per heavy atom.